The number of nitriles is 1. The average molecular weight is 379 g/mol. The fraction of sp³-hybridized carbons (Fsp3) is 0.455. The van der Waals surface area contributed by atoms with Gasteiger partial charge in [0.15, 0.2) is 5.60 Å². The van der Waals surface area contributed by atoms with Crippen molar-refractivity contribution >= 4 is 6.09 Å². The molecule has 28 heavy (non-hydrogen) atoms. The lowest BCUT2D eigenvalue weighted by Crippen LogP contribution is -2.50. The molecule has 1 fully saturated rings. The van der Waals surface area contributed by atoms with Gasteiger partial charge in [-0.15, -0.1) is 0 Å². The van der Waals surface area contributed by atoms with E-state index in [1.165, 1.54) is 0 Å². The molecule has 6 heteroatoms. The molecule has 146 valence electrons. The standard InChI is InChI=1S/C22H25N3O3/c1-15-5-7-17-18(13-15)27-22(19-8-6-16(14-23)25(17)19)9-11-24(12-10-22)20(26)28-21(2,3)4/h5-8,13H,9-12H2,1-4H3. The third kappa shape index (κ3) is 3.01. The summed E-state index contributed by atoms with van der Waals surface area (Å²) in [5.74, 6) is 0.783. The molecule has 2 aliphatic heterocycles. The van der Waals surface area contributed by atoms with Crippen molar-refractivity contribution in [2.45, 2.75) is 51.7 Å². The van der Waals surface area contributed by atoms with E-state index in [1.807, 2.05) is 62.6 Å². The number of amides is 1. The zero-order valence-electron chi connectivity index (χ0n) is 16.8. The normalized spacial score (nSPS) is 17.3. The Morgan fingerprint density at radius 3 is 2.57 bits per heavy atom. The molecule has 0 bridgehead atoms. The van der Waals surface area contributed by atoms with Crippen LogP contribution in [0.15, 0.2) is 30.3 Å². The molecule has 6 nitrogen and oxygen atoms in total. The van der Waals surface area contributed by atoms with E-state index < -0.39 is 11.2 Å². The molecule has 0 atom stereocenters. The topological polar surface area (TPSA) is 67.5 Å². The zero-order valence-corrected chi connectivity index (χ0v) is 16.8. The van der Waals surface area contributed by atoms with E-state index in [1.54, 1.807) is 4.90 Å². The Morgan fingerprint density at radius 2 is 1.93 bits per heavy atom. The van der Waals surface area contributed by atoms with Crippen LogP contribution >= 0.6 is 0 Å². The molecule has 1 aromatic heterocycles. The maximum atomic E-state index is 12.4. The Kier molecular flexibility index (Phi) is 4.15. The highest BCUT2D eigenvalue weighted by Crippen LogP contribution is 2.46. The number of aryl methyl sites for hydroxylation is 1. The van der Waals surface area contributed by atoms with E-state index in [0.717, 1.165) is 22.7 Å². The van der Waals surface area contributed by atoms with Crippen LogP contribution in [0, 0.1) is 18.3 Å². The molecule has 2 aliphatic rings. The smallest absolute Gasteiger partial charge is 0.410 e. The summed E-state index contributed by atoms with van der Waals surface area (Å²) in [7, 11) is 0. The molecule has 3 heterocycles. The maximum absolute atomic E-state index is 12.4. The molecule has 2 aromatic rings. The van der Waals surface area contributed by atoms with E-state index in [2.05, 4.69) is 6.07 Å². The predicted octanol–water partition coefficient (Wildman–Crippen LogP) is 4.28. The van der Waals surface area contributed by atoms with Gasteiger partial charge in [0.1, 0.15) is 23.1 Å². The van der Waals surface area contributed by atoms with Gasteiger partial charge in [-0.05, 0) is 57.5 Å². The number of nitrogens with zero attached hydrogens (tertiary/aromatic N) is 3. The lowest BCUT2D eigenvalue weighted by Gasteiger charge is -2.45. The summed E-state index contributed by atoms with van der Waals surface area (Å²) >= 11 is 0. The lowest BCUT2D eigenvalue weighted by molar-refractivity contribution is -0.0269. The van der Waals surface area contributed by atoms with E-state index in [-0.39, 0.29) is 6.09 Å². The summed E-state index contributed by atoms with van der Waals surface area (Å²) in [6.07, 6.45) is 1.01. The number of carbonyl (C=O) groups excluding carboxylic acids is 1. The first-order valence-corrected chi connectivity index (χ1v) is 9.63. The number of likely N-dealkylation sites (tertiary alicyclic amines) is 1. The summed E-state index contributed by atoms with van der Waals surface area (Å²) in [6.45, 7) is 8.73. The molecule has 1 saturated heterocycles. The molecule has 1 amide bonds. The Morgan fingerprint density at radius 1 is 1.21 bits per heavy atom. The monoisotopic (exact) mass is 379 g/mol. The predicted molar refractivity (Wildman–Crippen MR) is 105 cm³/mol. The molecular formula is C22H25N3O3. The summed E-state index contributed by atoms with van der Waals surface area (Å²) in [4.78, 5) is 14.2. The van der Waals surface area contributed by atoms with Crippen LogP contribution in [0.3, 0.4) is 0 Å². The van der Waals surface area contributed by atoms with Crippen LogP contribution in [0.1, 0.15) is 50.6 Å². The van der Waals surface area contributed by atoms with Crippen molar-refractivity contribution in [3.05, 3.63) is 47.3 Å². The highest BCUT2D eigenvalue weighted by Gasteiger charge is 2.45. The number of carbonyl (C=O) groups is 1. The Balaban J connectivity index is 1.66. The van der Waals surface area contributed by atoms with Crippen LogP contribution in [0.25, 0.3) is 5.69 Å². The van der Waals surface area contributed by atoms with E-state index >= 15 is 0 Å². The van der Waals surface area contributed by atoms with E-state index in [0.29, 0.717) is 31.6 Å². The Bertz CT molecular complexity index is 970. The van der Waals surface area contributed by atoms with Gasteiger partial charge in [0.2, 0.25) is 0 Å². The van der Waals surface area contributed by atoms with Crippen LogP contribution in [0.4, 0.5) is 4.79 Å². The molecule has 0 saturated carbocycles. The second kappa shape index (κ2) is 6.30. The van der Waals surface area contributed by atoms with Crippen molar-refractivity contribution in [3.8, 4) is 17.5 Å². The lowest BCUT2D eigenvalue weighted by atomic mass is 9.86. The summed E-state index contributed by atoms with van der Waals surface area (Å²) in [6, 6.07) is 12.1. The van der Waals surface area contributed by atoms with Gasteiger partial charge in [0.05, 0.1) is 11.4 Å². The Labute approximate surface area is 165 Å². The van der Waals surface area contributed by atoms with E-state index in [4.69, 9.17) is 9.47 Å². The van der Waals surface area contributed by atoms with E-state index in [9.17, 15) is 10.1 Å². The second-order valence-electron chi connectivity index (χ2n) is 8.59. The fourth-order valence-electron chi connectivity index (χ4n) is 4.02. The highest BCUT2D eigenvalue weighted by atomic mass is 16.6. The highest BCUT2D eigenvalue weighted by molar-refractivity contribution is 5.68. The van der Waals surface area contributed by atoms with Gasteiger partial charge >= 0.3 is 6.09 Å². The molecule has 1 aromatic carbocycles. The third-order valence-corrected chi connectivity index (χ3v) is 5.35. The largest absolute Gasteiger partial charge is 0.479 e. The molecule has 0 N–H and O–H groups in total. The molecular weight excluding hydrogens is 354 g/mol. The minimum atomic E-state index is -0.547. The average Bonchev–Trinajstić information content (AvgIpc) is 3.06. The van der Waals surface area contributed by atoms with Crippen molar-refractivity contribution in [3.63, 3.8) is 0 Å². The summed E-state index contributed by atoms with van der Waals surface area (Å²) in [5.41, 5.74) is 2.51. The number of aromatic nitrogens is 1. The van der Waals surface area contributed by atoms with Crippen LogP contribution < -0.4 is 4.74 Å². The van der Waals surface area contributed by atoms with Crippen LogP contribution in [0.2, 0.25) is 0 Å². The van der Waals surface area contributed by atoms with Gasteiger partial charge in [-0.1, -0.05) is 6.07 Å². The van der Waals surface area contributed by atoms with Gasteiger partial charge in [-0.3, -0.25) is 4.57 Å². The second-order valence-corrected chi connectivity index (χ2v) is 8.59. The minimum Gasteiger partial charge on any atom is -0.479 e. The number of ether oxygens (including phenoxy) is 2. The quantitative estimate of drug-likeness (QED) is 0.685. The molecule has 0 unspecified atom stereocenters. The van der Waals surface area contributed by atoms with Crippen LogP contribution in [0.5, 0.6) is 5.75 Å². The molecule has 0 aliphatic carbocycles. The zero-order chi connectivity index (χ0) is 20.1. The number of fused-ring (bicyclic) bond motifs is 4. The van der Waals surface area contributed by atoms with Gasteiger partial charge in [0, 0.05) is 25.9 Å². The number of hydrogen-bond acceptors (Lipinski definition) is 4. The van der Waals surface area contributed by atoms with Gasteiger partial charge < -0.3 is 14.4 Å². The van der Waals surface area contributed by atoms with Crippen molar-refractivity contribution in [1.82, 2.24) is 9.47 Å². The summed E-state index contributed by atoms with van der Waals surface area (Å²) in [5, 5.41) is 9.59. The first-order chi connectivity index (χ1) is 13.2. The van der Waals surface area contributed by atoms with Crippen molar-refractivity contribution in [2.24, 2.45) is 0 Å². The van der Waals surface area contributed by atoms with Crippen molar-refractivity contribution < 1.29 is 14.3 Å². The maximum Gasteiger partial charge on any atom is 0.410 e. The van der Waals surface area contributed by atoms with Crippen LogP contribution in [-0.2, 0) is 10.3 Å². The SMILES string of the molecule is Cc1ccc2c(c1)OC1(CCN(C(=O)OC(C)(C)C)CC1)c1ccc(C#N)n1-2. The van der Waals surface area contributed by atoms with Crippen molar-refractivity contribution in [2.75, 3.05) is 13.1 Å². The number of benzene rings is 1. The minimum absolute atomic E-state index is 0.289. The first kappa shape index (κ1) is 18.4. The number of piperidine rings is 1. The van der Waals surface area contributed by atoms with Gasteiger partial charge in [-0.2, -0.15) is 5.26 Å². The number of rotatable bonds is 0. The fourth-order valence-corrected chi connectivity index (χ4v) is 4.02. The van der Waals surface area contributed by atoms with Crippen molar-refractivity contribution in [1.29, 1.82) is 5.26 Å². The third-order valence-electron chi connectivity index (χ3n) is 5.35. The Hall–Kier alpha value is -2.94. The van der Waals surface area contributed by atoms with Crippen LogP contribution in [-0.4, -0.2) is 34.3 Å². The summed E-state index contributed by atoms with van der Waals surface area (Å²) < 4.78 is 14.1. The molecule has 4 rings (SSSR count). The first-order valence-electron chi connectivity index (χ1n) is 9.63. The molecule has 1 spiro atoms. The van der Waals surface area contributed by atoms with Gasteiger partial charge in [0.25, 0.3) is 0 Å². The van der Waals surface area contributed by atoms with Gasteiger partial charge in [-0.25, -0.2) is 4.79 Å². The number of hydrogen-bond donors (Lipinski definition) is 0. The molecule has 0 radical (unpaired) electrons.